The molecule has 0 radical (unpaired) electrons. The van der Waals surface area contributed by atoms with Gasteiger partial charge in [0.05, 0.1) is 0 Å². The van der Waals surface area contributed by atoms with Crippen molar-refractivity contribution in [1.82, 2.24) is 0 Å². The molecule has 2 unspecified atom stereocenters. The van der Waals surface area contributed by atoms with Gasteiger partial charge >= 0.3 is 0 Å². The Hall–Kier alpha value is -0.0100. The van der Waals surface area contributed by atoms with Crippen LogP contribution in [0, 0.1) is 5.92 Å². The number of hydrogen-bond donors (Lipinski definition) is 0. The molecule has 0 amide bonds. The first-order chi connectivity index (χ1) is 6.69. The fourth-order valence-electron chi connectivity index (χ4n) is 1.59. The van der Waals surface area contributed by atoms with E-state index in [0.717, 1.165) is 10.4 Å². The zero-order chi connectivity index (χ0) is 10.6. The normalized spacial score (nSPS) is 15.1. The molecule has 78 valence electrons. The Morgan fingerprint density at radius 3 is 2.64 bits per heavy atom. The van der Waals surface area contributed by atoms with Gasteiger partial charge < -0.3 is 0 Å². The predicted molar refractivity (Wildman–Crippen MR) is 67.4 cm³/mol. The number of halogens is 2. The molecule has 2 heteroatoms. The zero-order valence-corrected chi connectivity index (χ0v) is 11.0. The van der Waals surface area contributed by atoms with Crippen molar-refractivity contribution in [3.8, 4) is 0 Å². The molecule has 0 heterocycles. The van der Waals surface area contributed by atoms with Crippen LogP contribution < -0.4 is 0 Å². The topological polar surface area (TPSA) is 0 Å². The second kappa shape index (κ2) is 5.77. The standard InChI is InChI=1S/C12H16BrCl/c1-3-9(2)12(8-13)10-5-4-6-11(14)7-10/h4-7,9,12H,3,8H2,1-2H3. The van der Waals surface area contributed by atoms with Crippen LogP contribution in [0.4, 0.5) is 0 Å². The van der Waals surface area contributed by atoms with Crippen LogP contribution in [0.15, 0.2) is 24.3 Å². The third kappa shape index (κ3) is 2.99. The fraction of sp³-hybridized carbons (Fsp3) is 0.500. The summed E-state index contributed by atoms with van der Waals surface area (Å²) >= 11 is 9.55. The first kappa shape index (κ1) is 12.1. The van der Waals surface area contributed by atoms with Gasteiger partial charge in [0.1, 0.15) is 0 Å². The molecule has 0 aliphatic carbocycles. The molecule has 14 heavy (non-hydrogen) atoms. The van der Waals surface area contributed by atoms with Crippen molar-refractivity contribution in [2.75, 3.05) is 5.33 Å². The summed E-state index contributed by atoms with van der Waals surface area (Å²) in [5.41, 5.74) is 1.34. The van der Waals surface area contributed by atoms with E-state index < -0.39 is 0 Å². The summed E-state index contributed by atoms with van der Waals surface area (Å²) in [4.78, 5) is 0. The second-order valence-corrected chi connectivity index (χ2v) is 4.79. The van der Waals surface area contributed by atoms with Gasteiger partial charge in [-0.05, 0) is 29.5 Å². The molecule has 0 aliphatic heterocycles. The lowest BCUT2D eigenvalue weighted by Crippen LogP contribution is -2.10. The minimum absolute atomic E-state index is 0.568. The highest BCUT2D eigenvalue weighted by molar-refractivity contribution is 9.09. The van der Waals surface area contributed by atoms with E-state index in [1.54, 1.807) is 0 Å². The van der Waals surface area contributed by atoms with Crippen LogP contribution in [0.5, 0.6) is 0 Å². The number of rotatable bonds is 4. The quantitative estimate of drug-likeness (QED) is 0.688. The lowest BCUT2D eigenvalue weighted by molar-refractivity contribution is 0.480. The van der Waals surface area contributed by atoms with Crippen LogP contribution in [0.3, 0.4) is 0 Å². The minimum atomic E-state index is 0.568. The molecule has 0 aliphatic rings. The first-order valence-electron chi connectivity index (χ1n) is 5.00. The van der Waals surface area contributed by atoms with Crippen molar-refractivity contribution < 1.29 is 0 Å². The van der Waals surface area contributed by atoms with E-state index >= 15 is 0 Å². The van der Waals surface area contributed by atoms with Crippen LogP contribution in [0.2, 0.25) is 5.02 Å². The Balaban J connectivity index is 2.89. The molecule has 1 aromatic carbocycles. The average molecular weight is 276 g/mol. The van der Waals surface area contributed by atoms with Crippen molar-refractivity contribution in [2.45, 2.75) is 26.2 Å². The van der Waals surface area contributed by atoms with Gasteiger partial charge in [-0.25, -0.2) is 0 Å². The second-order valence-electron chi connectivity index (χ2n) is 3.70. The van der Waals surface area contributed by atoms with E-state index in [0.29, 0.717) is 11.8 Å². The molecule has 0 saturated heterocycles. The van der Waals surface area contributed by atoms with Gasteiger partial charge in [0.25, 0.3) is 0 Å². The zero-order valence-electron chi connectivity index (χ0n) is 8.63. The molecular formula is C12H16BrCl. The summed E-state index contributed by atoms with van der Waals surface area (Å²) in [7, 11) is 0. The van der Waals surface area contributed by atoms with Crippen molar-refractivity contribution >= 4 is 27.5 Å². The molecule has 0 nitrogen and oxygen atoms in total. The average Bonchev–Trinajstić information content (AvgIpc) is 2.19. The van der Waals surface area contributed by atoms with Gasteiger partial charge in [-0.2, -0.15) is 0 Å². The Morgan fingerprint density at radius 1 is 1.43 bits per heavy atom. The summed E-state index contributed by atoms with van der Waals surface area (Å²) in [5.74, 6) is 1.26. The van der Waals surface area contributed by atoms with Crippen LogP contribution in [0.1, 0.15) is 31.7 Å². The molecule has 0 saturated carbocycles. The van der Waals surface area contributed by atoms with Crippen LogP contribution in [-0.4, -0.2) is 5.33 Å². The van der Waals surface area contributed by atoms with Crippen molar-refractivity contribution in [3.63, 3.8) is 0 Å². The predicted octanol–water partition coefficient (Wildman–Crippen LogP) is 4.86. The Morgan fingerprint density at radius 2 is 2.14 bits per heavy atom. The van der Waals surface area contributed by atoms with Gasteiger partial charge in [0.15, 0.2) is 0 Å². The summed E-state index contributed by atoms with van der Waals surface area (Å²) in [6.45, 7) is 4.51. The SMILES string of the molecule is CCC(C)C(CBr)c1cccc(Cl)c1. The largest absolute Gasteiger partial charge is 0.0921 e. The molecule has 0 fully saturated rings. The maximum atomic E-state index is 5.98. The van der Waals surface area contributed by atoms with Crippen LogP contribution in [0.25, 0.3) is 0 Å². The molecule has 0 aromatic heterocycles. The number of benzene rings is 1. The van der Waals surface area contributed by atoms with E-state index in [2.05, 4.69) is 41.9 Å². The monoisotopic (exact) mass is 274 g/mol. The van der Waals surface area contributed by atoms with E-state index in [1.165, 1.54) is 12.0 Å². The third-order valence-electron chi connectivity index (χ3n) is 2.77. The molecule has 0 bridgehead atoms. The van der Waals surface area contributed by atoms with Gasteiger partial charge in [-0.3, -0.25) is 0 Å². The van der Waals surface area contributed by atoms with E-state index in [-0.39, 0.29) is 0 Å². The number of alkyl halides is 1. The van der Waals surface area contributed by atoms with E-state index in [1.807, 2.05) is 12.1 Å². The lowest BCUT2D eigenvalue weighted by Gasteiger charge is -2.21. The lowest BCUT2D eigenvalue weighted by atomic mass is 9.87. The van der Waals surface area contributed by atoms with Crippen molar-refractivity contribution in [1.29, 1.82) is 0 Å². The molecule has 1 rings (SSSR count). The summed E-state index contributed by atoms with van der Waals surface area (Å²) in [5, 5.41) is 1.83. The summed E-state index contributed by atoms with van der Waals surface area (Å²) < 4.78 is 0. The molecule has 0 spiro atoms. The summed E-state index contributed by atoms with van der Waals surface area (Å²) in [6.07, 6.45) is 1.20. The molecule has 0 N–H and O–H groups in total. The van der Waals surface area contributed by atoms with Crippen molar-refractivity contribution in [2.24, 2.45) is 5.92 Å². The fourth-order valence-corrected chi connectivity index (χ4v) is 2.80. The Bertz CT molecular complexity index is 285. The van der Waals surface area contributed by atoms with Crippen LogP contribution in [-0.2, 0) is 0 Å². The van der Waals surface area contributed by atoms with Gasteiger partial charge in [-0.1, -0.05) is 59.9 Å². The third-order valence-corrected chi connectivity index (χ3v) is 3.71. The molecule has 1 aromatic rings. The Labute approximate surface area is 99.8 Å². The first-order valence-corrected chi connectivity index (χ1v) is 6.50. The highest BCUT2D eigenvalue weighted by atomic mass is 79.9. The molecular weight excluding hydrogens is 259 g/mol. The van der Waals surface area contributed by atoms with Crippen LogP contribution >= 0.6 is 27.5 Å². The van der Waals surface area contributed by atoms with E-state index in [4.69, 9.17) is 11.6 Å². The smallest absolute Gasteiger partial charge is 0.0408 e. The highest BCUT2D eigenvalue weighted by Gasteiger charge is 2.16. The highest BCUT2D eigenvalue weighted by Crippen LogP contribution is 2.29. The maximum absolute atomic E-state index is 5.98. The molecule has 2 atom stereocenters. The maximum Gasteiger partial charge on any atom is 0.0408 e. The van der Waals surface area contributed by atoms with Crippen molar-refractivity contribution in [3.05, 3.63) is 34.9 Å². The summed E-state index contributed by atoms with van der Waals surface area (Å²) in [6, 6.07) is 8.17. The van der Waals surface area contributed by atoms with Gasteiger partial charge in [0.2, 0.25) is 0 Å². The minimum Gasteiger partial charge on any atom is -0.0921 e. The Kier molecular flexibility index (Phi) is 4.97. The van der Waals surface area contributed by atoms with Gasteiger partial charge in [0, 0.05) is 10.4 Å². The van der Waals surface area contributed by atoms with Gasteiger partial charge in [-0.15, -0.1) is 0 Å². The number of hydrogen-bond acceptors (Lipinski definition) is 0. The van der Waals surface area contributed by atoms with E-state index in [9.17, 15) is 0 Å².